The fourth-order valence-electron chi connectivity index (χ4n) is 1.87. The number of carbonyl (C=O) groups excluding carboxylic acids is 1. The Labute approximate surface area is 118 Å². The van der Waals surface area contributed by atoms with Crippen LogP contribution in [0.25, 0.3) is 0 Å². The van der Waals surface area contributed by atoms with E-state index in [1.165, 1.54) is 7.11 Å². The van der Waals surface area contributed by atoms with Crippen LogP contribution in [0.2, 0.25) is 0 Å². The Bertz CT molecular complexity index is 573. The highest BCUT2D eigenvalue weighted by atomic mass is 16.5. The van der Waals surface area contributed by atoms with Crippen LogP contribution < -0.4 is 4.74 Å². The van der Waals surface area contributed by atoms with Crippen LogP contribution >= 0.6 is 0 Å². The highest BCUT2D eigenvalue weighted by Gasteiger charge is 2.07. The molecule has 0 amide bonds. The van der Waals surface area contributed by atoms with Crippen molar-refractivity contribution in [1.29, 1.82) is 0 Å². The zero-order valence-electron chi connectivity index (χ0n) is 11.9. The summed E-state index contributed by atoms with van der Waals surface area (Å²) in [7, 11) is 1.36. The van der Waals surface area contributed by atoms with Crippen molar-refractivity contribution in [3.05, 3.63) is 48.0 Å². The van der Waals surface area contributed by atoms with E-state index in [0.717, 1.165) is 5.69 Å². The van der Waals surface area contributed by atoms with E-state index in [9.17, 15) is 4.79 Å². The van der Waals surface area contributed by atoms with Gasteiger partial charge in [-0.25, -0.2) is 9.78 Å². The van der Waals surface area contributed by atoms with Crippen LogP contribution in [0.4, 0.5) is 0 Å². The third kappa shape index (κ3) is 3.17. The van der Waals surface area contributed by atoms with Crippen molar-refractivity contribution in [2.75, 3.05) is 7.11 Å². The molecule has 2 aromatic rings. The molecule has 0 N–H and O–H groups in total. The second-order valence-electron chi connectivity index (χ2n) is 4.69. The Morgan fingerprint density at radius 2 is 2.00 bits per heavy atom. The first-order valence-electron chi connectivity index (χ1n) is 6.43. The summed E-state index contributed by atoms with van der Waals surface area (Å²) in [6.07, 6.45) is 3.59. The van der Waals surface area contributed by atoms with Crippen LogP contribution in [-0.2, 0) is 11.3 Å². The number of hydrogen-bond acceptors (Lipinski definition) is 4. The Balaban J connectivity index is 2.00. The number of aromatic nitrogens is 2. The lowest BCUT2D eigenvalue weighted by Gasteiger charge is -2.12. The molecule has 0 atom stereocenters. The molecule has 0 aliphatic heterocycles. The normalized spacial score (nSPS) is 10.6. The summed E-state index contributed by atoms with van der Waals surface area (Å²) in [4.78, 5) is 15.4. The van der Waals surface area contributed by atoms with Gasteiger partial charge < -0.3 is 14.0 Å². The molecule has 106 valence electrons. The number of rotatable bonds is 5. The Morgan fingerprint density at radius 3 is 2.60 bits per heavy atom. The van der Waals surface area contributed by atoms with E-state index >= 15 is 0 Å². The van der Waals surface area contributed by atoms with Gasteiger partial charge in [-0.15, -0.1) is 0 Å². The van der Waals surface area contributed by atoms with E-state index in [4.69, 9.17) is 4.74 Å². The first kappa shape index (κ1) is 14.1. The summed E-state index contributed by atoms with van der Waals surface area (Å²) in [5.74, 6) is 0.351. The van der Waals surface area contributed by atoms with E-state index in [0.29, 0.717) is 24.0 Å². The van der Waals surface area contributed by atoms with E-state index in [1.807, 2.05) is 0 Å². The largest absolute Gasteiger partial charge is 0.487 e. The predicted molar refractivity (Wildman–Crippen MR) is 74.7 cm³/mol. The Kier molecular flexibility index (Phi) is 4.40. The van der Waals surface area contributed by atoms with Crippen LogP contribution in [0.15, 0.2) is 36.8 Å². The van der Waals surface area contributed by atoms with Crippen molar-refractivity contribution < 1.29 is 14.3 Å². The van der Waals surface area contributed by atoms with Gasteiger partial charge in [0.2, 0.25) is 0 Å². The smallest absolute Gasteiger partial charge is 0.337 e. The fourth-order valence-corrected chi connectivity index (χ4v) is 1.87. The van der Waals surface area contributed by atoms with Gasteiger partial charge in [0.25, 0.3) is 0 Å². The van der Waals surface area contributed by atoms with Gasteiger partial charge in [0.1, 0.15) is 12.4 Å². The number of imidazole rings is 1. The summed E-state index contributed by atoms with van der Waals surface area (Å²) < 4.78 is 12.4. The minimum absolute atomic E-state index is 0.345. The van der Waals surface area contributed by atoms with E-state index in [2.05, 4.69) is 28.1 Å². The molecular weight excluding hydrogens is 256 g/mol. The van der Waals surface area contributed by atoms with Gasteiger partial charge in [0.15, 0.2) is 0 Å². The molecule has 0 aliphatic carbocycles. The molecule has 5 nitrogen and oxygen atoms in total. The van der Waals surface area contributed by atoms with Crippen molar-refractivity contribution in [1.82, 2.24) is 9.55 Å². The average Bonchev–Trinajstić information content (AvgIpc) is 2.93. The fraction of sp³-hybridized carbons (Fsp3) is 0.333. The highest BCUT2D eigenvalue weighted by molar-refractivity contribution is 5.89. The molecule has 0 bridgehead atoms. The Hall–Kier alpha value is -2.30. The van der Waals surface area contributed by atoms with Crippen LogP contribution in [0, 0.1) is 0 Å². The summed E-state index contributed by atoms with van der Waals surface area (Å²) in [6.45, 7) is 4.63. The van der Waals surface area contributed by atoms with Gasteiger partial charge in [0.05, 0.1) is 30.9 Å². The van der Waals surface area contributed by atoms with Crippen molar-refractivity contribution >= 4 is 5.97 Å². The molecule has 0 unspecified atom stereocenters. The number of benzene rings is 1. The standard InChI is InChI=1S/C15H18N2O3/c1-11(2)17-10-16-8-13(17)9-20-14-6-4-12(5-7-14)15(18)19-3/h4-8,10-11H,9H2,1-3H3. The van der Waals surface area contributed by atoms with Crippen LogP contribution in [0.3, 0.4) is 0 Å². The molecule has 20 heavy (non-hydrogen) atoms. The highest BCUT2D eigenvalue weighted by Crippen LogP contribution is 2.16. The van der Waals surface area contributed by atoms with Crippen molar-refractivity contribution in [2.24, 2.45) is 0 Å². The molecule has 0 radical (unpaired) electrons. The zero-order valence-corrected chi connectivity index (χ0v) is 11.9. The summed E-state index contributed by atoms with van der Waals surface area (Å²) >= 11 is 0. The van der Waals surface area contributed by atoms with Crippen LogP contribution in [0.1, 0.15) is 35.9 Å². The first-order chi connectivity index (χ1) is 9.61. The number of methoxy groups -OCH3 is 1. The Morgan fingerprint density at radius 1 is 1.30 bits per heavy atom. The molecule has 0 fully saturated rings. The van der Waals surface area contributed by atoms with E-state index < -0.39 is 0 Å². The minimum atomic E-state index is -0.352. The van der Waals surface area contributed by atoms with Gasteiger partial charge in [0, 0.05) is 6.04 Å². The van der Waals surface area contributed by atoms with Gasteiger partial charge >= 0.3 is 5.97 Å². The molecule has 1 aromatic carbocycles. The molecule has 5 heteroatoms. The average molecular weight is 274 g/mol. The summed E-state index contributed by atoms with van der Waals surface area (Å²) in [6, 6.07) is 7.21. The lowest BCUT2D eigenvalue weighted by molar-refractivity contribution is 0.0600. The van der Waals surface area contributed by atoms with Crippen molar-refractivity contribution in [3.8, 4) is 5.75 Å². The maximum Gasteiger partial charge on any atom is 0.337 e. The molecule has 1 aromatic heterocycles. The third-order valence-corrected chi connectivity index (χ3v) is 2.96. The van der Waals surface area contributed by atoms with Crippen LogP contribution in [-0.4, -0.2) is 22.6 Å². The van der Waals surface area contributed by atoms with Gasteiger partial charge in [-0.05, 0) is 38.1 Å². The second kappa shape index (κ2) is 6.23. The van der Waals surface area contributed by atoms with Crippen molar-refractivity contribution in [2.45, 2.75) is 26.5 Å². The van der Waals surface area contributed by atoms with E-state index in [1.54, 1.807) is 36.8 Å². The quantitative estimate of drug-likeness (QED) is 0.787. The topological polar surface area (TPSA) is 53.4 Å². The van der Waals surface area contributed by atoms with Gasteiger partial charge in [-0.3, -0.25) is 0 Å². The second-order valence-corrected chi connectivity index (χ2v) is 4.69. The zero-order chi connectivity index (χ0) is 14.5. The molecular formula is C15H18N2O3. The molecule has 0 aliphatic rings. The maximum absolute atomic E-state index is 11.3. The number of hydrogen-bond donors (Lipinski definition) is 0. The number of nitrogens with zero attached hydrogens (tertiary/aromatic N) is 2. The van der Waals surface area contributed by atoms with Crippen molar-refractivity contribution in [3.63, 3.8) is 0 Å². The summed E-state index contributed by atoms with van der Waals surface area (Å²) in [5, 5.41) is 0. The van der Waals surface area contributed by atoms with Gasteiger partial charge in [-0.2, -0.15) is 0 Å². The van der Waals surface area contributed by atoms with E-state index in [-0.39, 0.29) is 5.97 Å². The number of ether oxygens (including phenoxy) is 2. The first-order valence-corrected chi connectivity index (χ1v) is 6.43. The molecule has 0 saturated carbocycles. The SMILES string of the molecule is COC(=O)c1ccc(OCc2cncn2C(C)C)cc1. The lowest BCUT2D eigenvalue weighted by atomic mass is 10.2. The number of esters is 1. The molecule has 2 rings (SSSR count). The predicted octanol–water partition coefficient (Wildman–Crippen LogP) is 2.83. The lowest BCUT2D eigenvalue weighted by Crippen LogP contribution is -2.07. The maximum atomic E-state index is 11.3. The monoisotopic (exact) mass is 274 g/mol. The number of carbonyl (C=O) groups is 1. The van der Waals surface area contributed by atoms with Crippen LogP contribution in [0.5, 0.6) is 5.75 Å². The molecule has 1 heterocycles. The molecule has 0 spiro atoms. The summed E-state index contributed by atoms with van der Waals surface area (Å²) in [5.41, 5.74) is 1.52. The minimum Gasteiger partial charge on any atom is -0.487 e. The van der Waals surface area contributed by atoms with Gasteiger partial charge in [-0.1, -0.05) is 0 Å². The third-order valence-electron chi connectivity index (χ3n) is 2.96. The molecule has 0 saturated heterocycles.